The topological polar surface area (TPSA) is 150 Å². The number of carbonyl (C=O) groups is 4. The third-order valence-corrected chi connectivity index (χ3v) is 9.58. The molecule has 50 heavy (non-hydrogen) atoms. The number of hydrogen-bond acceptors (Lipinski definition) is 9. The van der Waals surface area contributed by atoms with Crippen LogP contribution in [0.4, 0.5) is 34.1 Å². The fourth-order valence-electron chi connectivity index (χ4n) is 5.40. The second-order valence-electron chi connectivity index (χ2n) is 14.2. The lowest BCUT2D eigenvalue weighted by atomic mass is 9.99. The average Bonchev–Trinajstić information content (AvgIpc) is 3.32. The van der Waals surface area contributed by atoms with Gasteiger partial charge in [0.25, 0.3) is 0 Å². The summed E-state index contributed by atoms with van der Waals surface area (Å²) >= 11 is 0. The summed E-state index contributed by atoms with van der Waals surface area (Å²) < 4.78 is 65.9. The fraction of sp³-hybridized carbons (Fsp3) is 0.606. The van der Waals surface area contributed by atoms with Crippen molar-refractivity contribution < 1.29 is 51.3 Å². The molecule has 1 aromatic carbocycles. The fourth-order valence-corrected chi connectivity index (χ4v) is 6.15. The van der Waals surface area contributed by atoms with Crippen LogP contribution in [0.3, 0.4) is 0 Å². The molecule has 2 aromatic rings. The number of methoxy groups -OCH3 is 2. The smallest absolute Gasteiger partial charge is 0.467 e. The Kier molecular flexibility index (Phi) is 13.1. The molecular formula is C33H48F3N5O8Si. The van der Waals surface area contributed by atoms with Crippen molar-refractivity contribution in [2.24, 2.45) is 0 Å². The molecule has 0 unspecified atom stereocenters. The molecule has 0 aliphatic carbocycles. The molecule has 0 saturated heterocycles. The van der Waals surface area contributed by atoms with Crippen molar-refractivity contribution in [2.75, 3.05) is 31.0 Å². The molecule has 2 bridgehead atoms. The number of amides is 3. The molecule has 0 radical (unpaired) electrons. The molecule has 3 rings (SSSR count). The van der Waals surface area contributed by atoms with Gasteiger partial charge in [-0.2, -0.15) is 13.2 Å². The van der Waals surface area contributed by atoms with Crippen LogP contribution in [0.2, 0.25) is 25.7 Å². The Morgan fingerprint density at radius 2 is 1.66 bits per heavy atom. The lowest BCUT2D eigenvalue weighted by molar-refractivity contribution is -0.172. The Labute approximate surface area is 291 Å². The number of nitrogens with zero attached hydrogens (tertiary/aromatic N) is 3. The number of hydrogen-bond donors (Lipinski definition) is 2. The predicted molar refractivity (Wildman–Crippen MR) is 182 cm³/mol. The van der Waals surface area contributed by atoms with Gasteiger partial charge in [-0.3, -0.25) is 15.0 Å². The summed E-state index contributed by atoms with van der Waals surface area (Å²) in [4.78, 5) is 56.8. The van der Waals surface area contributed by atoms with E-state index in [0.29, 0.717) is 29.4 Å². The largest absolute Gasteiger partial charge is 0.471 e. The minimum Gasteiger partial charge on any atom is -0.467 e. The number of esters is 1. The maximum absolute atomic E-state index is 14.3. The Morgan fingerprint density at radius 1 is 1.00 bits per heavy atom. The third kappa shape index (κ3) is 10.7. The van der Waals surface area contributed by atoms with Gasteiger partial charge in [0.1, 0.15) is 24.2 Å². The second-order valence-corrected chi connectivity index (χ2v) is 19.8. The molecule has 0 spiro atoms. The van der Waals surface area contributed by atoms with Gasteiger partial charge in [-0.1, -0.05) is 32.5 Å². The van der Waals surface area contributed by atoms with Gasteiger partial charge in [0.05, 0.1) is 31.6 Å². The summed E-state index contributed by atoms with van der Waals surface area (Å²) in [5.74, 6) is -3.02. The minimum absolute atomic E-state index is 0.0113. The highest BCUT2D eigenvalue weighted by Gasteiger charge is 2.48. The van der Waals surface area contributed by atoms with E-state index in [1.54, 1.807) is 32.3 Å². The lowest BCUT2D eigenvalue weighted by Gasteiger charge is -2.32. The highest BCUT2D eigenvalue weighted by molar-refractivity contribution is 6.76. The number of anilines is 2. The van der Waals surface area contributed by atoms with E-state index in [1.807, 2.05) is 0 Å². The maximum atomic E-state index is 14.3. The molecule has 1 aliphatic heterocycles. The van der Waals surface area contributed by atoms with Crippen molar-refractivity contribution in [3.05, 3.63) is 29.7 Å². The highest BCUT2D eigenvalue weighted by atomic mass is 28.3. The zero-order chi connectivity index (χ0) is 37.6. The molecule has 2 heterocycles. The number of benzene rings is 1. The molecule has 3 amide bonds. The molecule has 17 heteroatoms. The Morgan fingerprint density at radius 3 is 2.24 bits per heavy atom. The number of fused-ring (bicyclic) bond motifs is 4. The summed E-state index contributed by atoms with van der Waals surface area (Å²) in [5, 5.41) is 5.30. The Bertz CT molecular complexity index is 1550. The standard InChI is InChI=1S/C33H48F3N5O8Si/c1-20-26-22-15-14-21(37-30(44)47-6)18-25(22)41(29(43)33(34,35)36)24(28(42)46-5)13-11-10-12-23(38-31(45)49-32(2,3)4)27(39-26)40(20)19-48-16-17-50(7,8)9/h14-15,18,23-24H,10-13,16-17,19H2,1-9H3,(H,37,44)(H,38,45)/t23-,24+/m0/s1. The van der Waals surface area contributed by atoms with Crippen LogP contribution in [-0.2, 0) is 35.3 Å². The molecular weight excluding hydrogens is 679 g/mol. The summed E-state index contributed by atoms with van der Waals surface area (Å²) in [5.41, 5.74) is -0.511. The lowest BCUT2D eigenvalue weighted by Crippen LogP contribution is -2.51. The molecule has 2 atom stereocenters. The number of imidazole rings is 1. The first-order valence-electron chi connectivity index (χ1n) is 16.3. The predicted octanol–water partition coefficient (Wildman–Crippen LogP) is 6.93. The minimum atomic E-state index is -5.39. The quantitative estimate of drug-likeness (QED) is 0.128. The van der Waals surface area contributed by atoms with Gasteiger partial charge in [-0.25, -0.2) is 19.4 Å². The molecule has 13 nitrogen and oxygen atoms in total. The summed E-state index contributed by atoms with van der Waals surface area (Å²) in [6, 6.07) is 2.38. The van der Waals surface area contributed by atoms with Crippen LogP contribution >= 0.6 is 0 Å². The van der Waals surface area contributed by atoms with Gasteiger partial charge in [0.15, 0.2) is 0 Å². The Hall–Kier alpha value is -4.12. The van der Waals surface area contributed by atoms with Crippen molar-refractivity contribution in [3.63, 3.8) is 0 Å². The Balaban J connectivity index is 2.36. The summed E-state index contributed by atoms with van der Waals surface area (Å²) in [6.07, 6.45) is -6.49. The summed E-state index contributed by atoms with van der Waals surface area (Å²) in [7, 11) is 0.670. The number of ether oxygens (including phenoxy) is 4. The number of carbonyl (C=O) groups excluding carboxylic acids is 4. The monoisotopic (exact) mass is 727 g/mol. The number of nitrogens with one attached hydrogen (secondary N) is 2. The number of alkyl halides is 3. The molecule has 0 saturated carbocycles. The van der Waals surface area contributed by atoms with Gasteiger partial charge in [-0.05, 0) is 64.8 Å². The molecule has 0 fully saturated rings. The number of halogens is 3. The van der Waals surface area contributed by atoms with E-state index in [4.69, 9.17) is 19.2 Å². The van der Waals surface area contributed by atoms with Crippen LogP contribution in [0, 0.1) is 6.92 Å². The van der Waals surface area contributed by atoms with Crippen LogP contribution in [0.15, 0.2) is 18.2 Å². The van der Waals surface area contributed by atoms with E-state index in [-0.39, 0.29) is 48.6 Å². The average molecular weight is 728 g/mol. The van der Waals surface area contributed by atoms with Crippen molar-refractivity contribution in [1.82, 2.24) is 14.9 Å². The highest BCUT2D eigenvalue weighted by Crippen LogP contribution is 2.40. The molecule has 1 aliphatic rings. The van der Waals surface area contributed by atoms with Gasteiger partial charge in [-0.15, -0.1) is 0 Å². The molecule has 1 aromatic heterocycles. The van der Waals surface area contributed by atoms with E-state index in [2.05, 4.69) is 35.0 Å². The van der Waals surface area contributed by atoms with E-state index >= 15 is 0 Å². The molecule has 278 valence electrons. The van der Waals surface area contributed by atoms with E-state index < -0.39 is 56.0 Å². The van der Waals surface area contributed by atoms with Crippen LogP contribution in [0.25, 0.3) is 11.3 Å². The van der Waals surface area contributed by atoms with Crippen molar-refractivity contribution in [3.8, 4) is 11.3 Å². The molecule has 2 N–H and O–H groups in total. The van der Waals surface area contributed by atoms with Gasteiger partial charge >= 0.3 is 30.2 Å². The van der Waals surface area contributed by atoms with Crippen LogP contribution < -0.4 is 15.5 Å². The third-order valence-electron chi connectivity index (χ3n) is 7.88. The normalized spacial score (nSPS) is 17.1. The van der Waals surface area contributed by atoms with Crippen LogP contribution in [0.1, 0.15) is 64.0 Å². The maximum Gasteiger partial charge on any atom is 0.471 e. The van der Waals surface area contributed by atoms with Gasteiger partial charge < -0.3 is 28.8 Å². The first-order valence-corrected chi connectivity index (χ1v) is 20.0. The SMILES string of the molecule is COC(=O)Nc1ccc2c(c1)N(C(=O)C(F)(F)F)[C@@H](C(=O)OC)CCCC[C@H](NC(=O)OC(C)(C)C)c1nc-2c(C)n1COCC[Si](C)(C)C. The summed E-state index contributed by atoms with van der Waals surface area (Å²) in [6.45, 7) is 14.0. The number of alkyl carbamates (subject to hydrolysis) is 1. The van der Waals surface area contributed by atoms with Crippen molar-refractivity contribution in [2.45, 2.75) is 110 Å². The van der Waals surface area contributed by atoms with Gasteiger partial charge in [0, 0.05) is 31.6 Å². The second kappa shape index (κ2) is 16.3. The van der Waals surface area contributed by atoms with E-state index in [0.717, 1.165) is 26.3 Å². The number of aromatic nitrogens is 2. The van der Waals surface area contributed by atoms with Crippen LogP contribution in [0.5, 0.6) is 0 Å². The van der Waals surface area contributed by atoms with Crippen molar-refractivity contribution in [1.29, 1.82) is 0 Å². The zero-order valence-electron chi connectivity index (χ0n) is 30.1. The first-order chi connectivity index (χ1) is 23.2. The number of rotatable bonds is 8. The van der Waals surface area contributed by atoms with E-state index in [9.17, 15) is 32.3 Å². The van der Waals surface area contributed by atoms with E-state index in [1.165, 1.54) is 12.1 Å². The van der Waals surface area contributed by atoms with Crippen molar-refractivity contribution >= 4 is 43.5 Å². The van der Waals surface area contributed by atoms with Crippen LogP contribution in [-0.4, -0.2) is 80.3 Å². The first kappa shape index (κ1) is 40.3. The zero-order valence-corrected chi connectivity index (χ0v) is 31.1. The van der Waals surface area contributed by atoms with Gasteiger partial charge in [0.2, 0.25) is 0 Å².